The van der Waals surface area contributed by atoms with Gasteiger partial charge in [-0.2, -0.15) is 0 Å². The molecule has 0 bridgehead atoms. The summed E-state index contributed by atoms with van der Waals surface area (Å²) in [6.07, 6.45) is 1.43. The van der Waals surface area contributed by atoms with Crippen molar-refractivity contribution in [1.29, 1.82) is 0 Å². The third-order valence-electron chi connectivity index (χ3n) is 3.10. The molecule has 10 nitrogen and oxygen atoms in total. The van der Waals surface area contributed by atoms with Gasteiger partial charge in [0.2, 0.25) is 0 Å². The summed E-state index contributed by atoms with van der Waals surface area (Å²) < 4.78 is 0. The molecule has 0 saturated heterocycles. The molecule has 1 atom stereocenters. The first kappa shape index (κ1) is 34.5. The number of nitrogens with zero attached hydrogens (tertiary/aromatic N) is 5. The van der Waals surface area contributed by atoms with Gasteiger partial charge in [0.25, 0.3) is 0 Å². The Hall–Kier alpha value is -2.98. The Balaban J connectivity index is -0.000000153. The Morgan fingerprint density at radius 1 is 0.867 bits per heavy atom. The standard InChI is InChI=1S/C8H11N.2C4H8N2O2.C3H4N.Co/c1-7(9)8-5-3-2-4-6-8;2*1-3(5-7)4(2)6-8;1-2-3-4;/h2-7H,9H2,1H3;2*7-8H,1-2H3;2H,1H3;/q;;;-1;+2/b;2*5-3+,6-4+;;. The zero-order chi connectivity index (χ0) is 23.2. The molecule has 1 unspecified atom stereocenters. The summed E-state index contributed by atoms with van der Waals surface area (Å²) in [5.74, 6) is 1.81. The van der Waals surface area contributed by atoms with Crippen LogP contribution in [-0.2, 0) is 16.8 Å². The molecule has 0 aliphatic carbocycles. The number of rotatable bonds is 3. The van der Waals surface area contributed by atoms with Crippen molar-refractivity contribution in [1.82, 2.24) is 0 Å². The summed E-state index contributed by atoms with van der Waals surface area (Å²) in [7, 11) is 0. The molecule has 0 aliphatic heterocycles. The van der Waals surface area contributed by atoms with Crippen LogP contribution < -0.4 is 5.73 Å². The zero-order valence-electron chi connectivity index (χ0n) is 18.0. The number of hydrogen-bond acceptors (Lipinski definition) is 9. The molecule has 0 saturated carbocycles. The predicted octanol–water partition coefficient (Wildman–Crippen LogP) is 3.88. The van der Waals surface area contributed by atoms with Gasteiger partial charge < -0.3 is 32.0 Å². The Morgan fingerprint density at radius 3 is 1.27 bits per heavy atom. The zero-order valence-corrected chi connectivity index (χ0v) is 19.0. The van der Waals surface area contributed by atoms with Crippen molar-refractivity contribution in [2.45, 2.75) is 47.6 Å². The van der Waals surface area contributed by atoms with Crippen molar-refractivity contribution in [2.24, 2.45) is 26.4 Å². The average molecular weight is 466 g/mol. The van der Waals surface area contributed by atoms with Gasteiger partial charge in [0.1, 0.15) is 22.8 Å². The van der Waals surface area contributed by atoms with Crippen LogP contribution in [0.1, 0.15) is 53.1 Å². The SMILES string of the molecule is CC(=N\O)/C(C)=N/O.CC(=N\O)/C(C)=N/O.CC(N)c1ccccc1.CC=C=[N-].[Co+2]. The van der Waals surface area contributed by atoms with E-state index < -0.39 is 0 Å². The molecule has 30 heavy (non-hydrogen) atoms. The topological polar surface area (TPSA) is 179 Å². The Labute approximate surface area is 187 Å². The minimum atomic E-state index is 0. The van der Waals surface area contributed by atoms with Crippen LogP contribution in [0.25, 0.3) is 5.41 Å². The van der Waals surface area contributed by atoms with E-state index in [2.05, 4.69) is 20.6 Å². The number of allylic oxidation sites excluding steroid dienone is 1. The Kier molecular flexibility index (Phi) is 27.7. The summed E-state index contributed by atoms with van der Waals surface area (Å²) in [5.41, 5.74) is 8.06. The monoisotopic (exact) mass is 466 g/mol. The molecule has 0 amide bonds. The molecule has 169 valence electrons. The fourth-order valence-corrected chi connectivity index (χ4v) is 1.05. The molecule has 0 aromatic heterocycles. The number of hydrogen-bond donors (Lipinski definition) is 5. The van der Waals surface area contributed by atoms with Gasteiger partial charge in [0.15, 0.2) is 0 Å². The van der Waals surface area contributed by atoms with Crippen molar-refractivity contribution < 1.29 is 37.6 Å². The summed E-state index contributed by atoms with van der Waals surface area (Å²) in [6.45, 7) is 9.82. The number of nitrogens with two attached hydrogens (primary N) is 1. The van der Waals surface area contributed by atoms with Gasteiger partial charge >= 0.3 is 16.8 Å². The number of oxime groups is 4. The Morgan fingerprint density at radius 2 is 1.13 bits per heavy atom. The van der Waals surface area contributed by atoms with Crippen LogP contribution in [0.3, 0.4) is 0 Å². The molecular weight excluding hydrogens is 435 g/mol. The maximum atomic E-state index is 8.03. The van der Waals surface area contributed by atoms with E-state index >= 15 is 0 Å². The Bertz CT molecular complexity index is 649. The van der Waals surface area contributed by atoms with Gasteiger partial charge in [-0.25, -0.2) is 0 Å². The molecule has 1 aromatic rings. The van der Waals surface area contributed by atoms with E-state index in [0.29, 0.717) is 22.8 Å². The number of benzene rings is 1. The van der Waals surface area contributed by atoms with Crippen LogP contribution in [0.5, 0.6) is 0 Å². The minimum absolute atomic E-state index is 0. The van der Waals surface area contributed by atoms with Crippen LogP contribution in [0, 0.1) is 0 Å². The quantitative estimate of drug-likeness (QED) is 0.257. The van der Waals surface area contributed by atoms with E-state index in [4.69, 9.17) is 32.0 Å². The third-order valence-corrected chi connectivity index (χ3v) is 3.10. The van der Waals surface area contributed by atoms with Crippen molar-refractivity contribution in [3.63, 3.8) is 0 Å². The first-order valence-corrected chi connectivity index (χ1v) is 8.39. The molecule has 11 heteroatoms. The second-order valence-corrected chi connectivity index (χ2v) is 5.36. The molecule has 0 heterocycles. The fraction of sp³-hybridized carbons (Fsp3) is 0.368. The van der Waals surface area contributed by atoms with Crippen molar-refractivity contribution in [2.75, 3.05) is 0 Å². The average Bonchev–Trinajstić information content (AvgIpc) is 2.78. The molecule has 1 aromatic carbocycles. The predicted molar refractivity (Wildman–Crippen MR) is 117 cm³/mol. The van der Waals surface area contributed by atoms with Gasteiger partial charge in [0.05, 0.1) is 0 Å². The van der Waals surface area contributed by atoms with E-state index in [-0.39, 0.29) is 22.8 Å². The fourth-order valence-electron chi connectivity index (χ4n) is 1.05. The van der Waals surface area contributed by atoms with E-state index in [0.717, 1.165) is 0 Å². The van der Waals surface area contributed by atoms with Crippen molar-refractivity contribution in [3.8, 4) is 0 Å². The molecule has 0 spiro atoms. The van der Waals surface area contributed by atoms with Gasteiger partial charge in [0, 0.05) is 6.04 Å². The van der Waals surface area contributed by atoms with Gasteiger partial charge in [-0.05, 0) is 47.1 Å². The van der Waals surface area contributed by atoms with Crippen molar-refractivity contribution >= 4 is 28.7 Å². The van der Waals surface area contributed by atoms with Crippen LogP contribution in [0.4, 0.5) is 0 Å². The second kappa shape index (κ2) is 24.1. The minimum Gasteiger partial charge on any atom is -0.764 e. The smallest absolute Gasteiger partial charge is 0.764 e. The third kappa shape index (κ3) is 21.3. The molecule has 1 rings (SSSR count). The molecule has 6 N–H and O–H groups in total. The molecular formula is C19H31CoN6O4+. The molecule has 0 fully saturated rings. The van der Waals surface area contributed by atoms with Gasteiger partial charge in [-0.1, -0.05) is 57.0 Å². The second-order valence-electron chi connectivity index (χ2n) is 5.36. The molecule has 0 aliphatic rings. The summed E-state index contributed by atoms with van der Waals surface area (Å²) in [6, 6.07) is 10.2. The van der Waals surface area contributed by atoms with E-state index in [9.17, 15) is 0 Å². The van der Waals surface area contributed by atoms with Crippen LogP contribution >= 0.6 is 0 Å². The van der Waals surface area contributed by atoms with E-state index in [1.165, 1.54) is 39.3 Å². The summed E-state index contributed by atoms with van der Waals surface area (Å²) in [5, 5.41) is 50.8. The van der Waals surface area contributed by atoms with Gasteiger partial charge in [-0.3, -0.25) is 5.87 Å². The first-order valence-electron chi connectivity index (χ1n) is 8.39. The van der Waals surface area contributed by atoms with E-state index in [1.807, 2.05) is 37.3 Å². The maximum Gasteiger partial charge on any atom is 2.00 e. The van der Waals surface area contributed by atoms with Crippen molar-refractivity contribution in [3.05, 3.63) is 47.4 Å². The molecule has 1 radical (unpaired) electrons. The summed E-state index contributed by atoms with van der Waals surface area (Å²) in [4.78, 5) is 0. The first-order chi connectivity index (χ1) is 13.7. The summed E-state index contributed by atoms with van der Waals surface area (Å²) >= 11 is 0. The van der Waals surface area contributed by atoms with Gasteiger partial charge in [-0.15, -0.1) is 0 Å². The maximum absolute atomic E-state index is 8.03. The van der Waals surface area contributed by atoms with Crippen LogP contribution in [0.2, 0.25) is 0 Å². The van der Waals surface area contributed by atoms with Crippen LogP contribution in [-0.4, -0.2) is 49.5 Å². The largest absolute Gasteiger partial charge is 2.00 e. The van der Waals surface area contributed by atoms with Crippen LogP contribution in [0.15, 0.2) is 57.0 Å². The normalized spacial score (nSPS) is 12.1. The van der Waals surface area contributed by atoms with E-state index in [1.54, 1.807) is 12.8 Å².